The summed E-state index contributed by atoms with van der Waals surface area (Å²) in [6.45, 7) is 3.74. The monoisotopic (exact) mass is 365 g/mol. The van der Waals surface area contributed by atoms with E-state index < -0.39 is 0 Å². The van der Waals surface area contributed by atoms with E-state index in [2.05, 4.69) is 5.32 Å². The molecule has 0 heterocycles. The Hall–Kier alpha value is -1.85. The third kappa shape index (κ3) is 4.36. The van der Waals surface area contributed by atoms with Crippen LogP contribution in [0.5, 0.6) is 11.5 Å². The highest BCUT2D eigenvalue weighted by molar-refractivity contribution is 8.00. The molecule has 2 aromatic rings. The normalized spacial score (nSPS) is 11.7. The number of halogens is 1. The second-order valence-corrected chi connectivity index (χ2v) is 7.00. The smallest absolute Gasteiger partial charge is 0.237 e. The molecule has 6 heteroatoms. The Labute approximate surface area is 151 Å². The highest BCUT2D eigenvalue weighted by Gasteiger charge is 2.17. The number of hydrogen-bond acceptors (Lipinski definition) is 4. The lowest BCUT2D eigenvalue weighted by atomic mass is 10.2. The molecule has 1 atom stereocenters. The van der Waals surface area contributed by atoms with Crippen LogP contribution in [0.3, 0.4) is 0 Å². The highest BCUT2D eigenvalue weighted by Crippen LogP contribution is 2.34. The third-order valence-corrected chi connectivity index (χ3v) is 5.07. The summed E-state index contributed by atoms with van der Waals surface area (Å²) in [5.41, 5.74) is 1.59. The summed E-state index contributed by atoms with van der Waals surface area (Å²) in [5, 5.41) is 3.28. The highest BCUT2D eigenvalue weighted by atomic mass is 35.5. The van der Waals surface area contributed by atoms with Crippen LogP contribution in [0.1, 0.15) is 12.5 Å². The maximum absolute atomic E-state index is 12.4. The fraction of sp³-hybridized carbons (Fsp3) is 0.278. The fourth-order valence-electron chi connectivity index (χ4n) is 2.12. The summed E-state index contributed by atoms with van der Waals surface area (Å²) in [6, 6.07) is 11.0. The molecule has 0 radical (unpaired) electrons. The van der Waals surface area contributed by atoms with Crippen molar-refractivity contribution in [1.29, 1.82) is 0 Å². The van der Waals surface area contributed by atoms with Crippen LogP contribution in [0.4, 0.5) is 5.69 Å². The largest absolute Gasteiger partial charge is 0.493 e. The lowest BCUT2D eigenvalue weighted by molar-refractivity contribution is -0.115. The van der Waals surface area contributed by atoms with Crippen LogP contribution >= 0.6 is 23.4 Å². The van der Waals surface area contributed by atoms with Crippen molar-refractivity contribution in [2.75, 3.05) is 19.5 Å². The first-order chi connectivity index (χ1) is 11.5. The molecule has 0 saturated heterocycles. The molecule has 0 fully saturated rings. The van der Waals surface area contributed by atoms with Crippen LogP contribution in [0, 0.1) is 6.92 Å². The van der Waals surface area contributed by atoms with Gasteiger partial charge in [0.15, 0.2) is 11.5 Å². The minimum absolute atomic E-state index is 0.0832. The van der Waals surface area contributed by atoms with Crippen LogP contribution in [0.2, 0.25) is 5.02 Å². The van der Waals surface area contributed by atoms with E-state index in [0.29, 0.717) is 16.5 Å². The predicted octanol–water partition coefficient (Wildman–Crippen LogP) is 4.78. The Morgan fingerprint density at radius 2 is 1.88 bits per heavy atom. The third-order valence-electron chi connectivity index (χ3n) is 3.56. The van der Waals surface area contributed by atoms with Crippen LogP contribution < -0.4 is 14.8 Å². The lowest BCUT2D eigenvalue weighted by Gasteiger charge is -2.15. The molecule has 2 aromatic carbocycles. The second-order valence-electron chi connectivity index (χ2n) is 5.18. The van der Waals surface area contributed by atoms with Gasteiger partial charge in [-0.3, -0.25) is 4.79 Å². The van der Waals surface area contributed by atoms with E-state index in [1.165, 1.54) is 11.8 Å². The summed E-state index contributed by atoms with van der Waals surface area (Å²) in [6.07, 6.45) is 0. The Morgan fingerprint density at radius 1 is 1.17 bits per heavy atom. The molecule has 0 aliphatic heterocycles. The molecule has 0 bridgehead atoms. The van der Waals surface area contributed by atoms with E-state index in [9.17, 15) is 4.79 Å². The number of rotatable bonds is 6. The van der Waals surface area contributed by atoms with Crippen LogP contribution in [0.25, 0.3) is 0 Å². The Kier molecular flexibility index (Phi) is 6.40. The van der Waals surface area contributed by atoms with Crippen molar-refractivity contribution < 1.29 is 14.3 Å². The van der Waals surface area contributed by atoms with Crippen molar-refractivity contribution in [2.45, 2.75) is 24.0 Å². The topological polar surface area (TPSA) is 47.6 Å². The predicted molar refractivity (Wildman–Crippen MR) is 99.7 cm³/mol. The van der Waals surface area contributed by atoms with Gasteiger partial charge >= 0.3 is 0 Å². The van der Waals surface area contributed by atoms with Gasteiger partial charge in [0.2, 0.25) is 5.91 Å². The lowest BCUT2D eigenvalue weighted by Crippen LogP contribution is -2.22. The summed E-state index contributed by atoms with van der Waals surface area (Å²) >= 11 is 7.54. The van der Waals surface area contributed by atoms with E-state index >= 15 is 0 Å². The maximum Gasteiger partial charge on any atom is 0.237 e. The van der Waals surface area contributed by atoms with E-state index in [0.717, 1.165) is 16.1 Å². The van der Waals surface area contributed by atoms with Crippen molar-refractivity contribution in [2.24, 2.45) is 0 Å². The molecule has 0 aliphatic carbocycles. The molecule has 1 N–H and O–H groups in total. The van der Waals surface area contributed by atoms with Gasteiger partial charge in [-0.1, -0.05) is 17.7 Å². The van der Waals surface area contributed by atoms with Gasteiger partial charge < -0.3 is 14.8 Å². The molecular weight excluding hydrogens is 346 g/mol. The number of anilines is 1. The molecule has 1 amide bonds. The zero-order valence-corrected chi connectivity index (χ0v) is 15.6. The summed E-state index contributed by atoms with van der Waals surface area (Å²) in [5.74, 6) is 1.22. The van der Waals surface area contributed by atoms with Gasteiger partial charge in [-0.25, -0.2) is 0 Å². The Bertz CT molecular complexity index is 736. The number of carbonyl (C=O) groups is 1. The number of nitrogens with one attached hydrogen (secondary N) is 1. The van der Waals surface area contributed by atoms with Crippen molar-refractivity contribution in [3.05, 3.63) is 47.0 Å². The Morgan fingerprint density at radius 3 is 2.54 bits per heavy atom. The van der Waals surface area contributed by atoms with Gasteiger partial charge in [-0.05, 0) is 49.7 Å². The molecule has 0 aromatic heterocycles. The number of thioether (sulfide) groups is 1. The summed E-state index contributed by atoms with van der Waals surface area (Å²) in [7, 11) is 3.18. The molecule has 4 nitrogen and oxygen atoms in total. The Balaban J connectivity index is 2.07. The van der Waals surface area contributed by atoms with Crippen molar-refractivity contribution in [3.63, 3.8) is 0 Å². The number of carbonyl (C=O) groups excluding carboxylic acids is 1. The van der Waals surface area contributed by atoms with Crippen molar-refractivity contribution in [3.8, 4) is 11.5 Å². The maximum atomic E-state index is 12.4. The molecule has 0 aliphatic rings. The van der Waals surface area contributed by atoms with Gasteiger partial charge in [-0.2, -0.15) is 0 Å². The SMILES string of the molecule is COc1ccc(SC(C)C(=O)Nc2cccc(Cl)c2C)cc1OC. The number of methoxy groups -OCH3 is 2. The zero-order valence-electron chi connectivity index (χ0n) is 14.1. The van der Waals surface area contributed by atoms with E-state index in [1.54, 1.807) is 20.3 Å². The van der Waals surface area contributed by atoms with Crippen molar-refractivity contribution >= 4 is 35.0 Å². The van der Waals surface area contributed by atoms with Crippen LogP contribution in [0.15, 0.2) is 41.3 Å². The first kappa shape index (κ1) is 18.5. The molecule has 24 heavy (non-hydrogen) atoms. The second kappa shape index (κ2) is 8.31. The van der Waals surface area contributed by atoms with E-state index in [4.69, 9.17) is 21.1 Å². The van der Waals surface area contributed by atoms with Gasteiger partial charge in [0.05, 0.1) is 19.5 Å². The molecule has 128 valence electrons. The minimum atomic E-state index is -0.276. The van der Waals surface area contributed by atoms with Gasteiger partial charge in [0.1, 0.15) is 0 Å². The van der Waals surface area contributed by atoms with E-state index in [1.807, 2.05) is 44.2 Å². The zero-order chi connectivity index (χ0) is 17.7. The minimum Gasteiger partial charge on any atom is -0.493 e. The van der Waals surface area contributed by atoms with Gasteiger partial charge in [0.25, 0.3) is 0 Å². The number of ether oxygens (including phenoxy) is 2. The van der Waals surface area contributed by atoms with Crippen LogP contribution in [-0.2, 0) is 4.79 Å². The average Bonchev–Trinajstić information content (AvgIpc) is 2.58. The molecule has 1 unspecified atom stereocenters. The van der Waals surface area contributed by atoms with Crippen LogP contribution in [-0.4, -0.2) is 25.4 Å². The first-order valence-corrected chi connectivity index (χ1v) is 8.66. The standard InChI is InChI=1S/C18H20ClNO3S/c1-11-14(19)6-5-7-15(11)20-18(21)12(2)24-13-8-9-16(22-3)17(10-13)23-4/h5-10,12H,1-4H3,(H,20,21). The quantitative estimate of drug-likeness (QED) is 0.748. The van der Waals surface area contributed by atoms with Gasteiger partial charge in [-0.15, -0.1) is 11.8 Å². The average molecular weight is 366 g/mol. The van der Waals surface area contributed by atoms with Crippen molar-refractivity contribution in [1.82, 2.24) is 0 Å². The molecular formula is C18H20ClNO3S. The summed E-state index contributed by atoms with van der Waals surface area (Å²) < 4.78 is 10.5. The van der Waals surface area contributed by atoms with Gasteiger partial charge in [0, 0.05) is 15.6 Å². The molecule has 0 spiro atoms. The number of benzene rings is 2. The first-order valence-electron chi connectivity index (χ1n) is 7.41. The number of hydrogen-bond donors (Lipinski definition) is 1. The molecule has 0 saturated carbocycles. The molecule has 2 rings (SSSR count). The fourth-order valence-corrected chi connectivity index (χ4v) is 3.20. The summed E-state index contributed by atoms with van der Waals surface area (Å²) in [4.78, 5) is 13.4. The van der Waals surface area contributed by atoms with E-state index in [-0.39, 0.29) is 11.2 Å². The number of amides is 1.